The van der Waals surface area contributed by atoms with Crippen LogP contribution in [0.4, 0.5) is 0 Å². The Labute approximate surface area is 539 Å². The molecule has 0 radical (unpaired) electrons. The van der Waals surface area contributed by atoms with Crippen molar-refractivity contribution in [2.45, 2.75) is 98.2 Å². The third-order valence-corrected chi connectivity index (χ3v) is 17.9. The molecule has 0 bridgehead atoms. The number of thioether (sulfide) groups is 3. The van der Waals surface area contributed by atoms with E-state index in [9.17, 15) is 0 Å². The molecule has 0 aromatic carbocycles. The largest absolute Gasteiger partial charge is 0.493 e. The predicted octanol–water partition coefficient (Wildman–Crippen LogP) is 13.5. The molecule has 0 fully saturated rings. The van der Waals surface area contributed by atoms with E-state index < -0.39 is 0 Å². The van der Waals surface area contributed by atoms with Gasteiger partial charge in [-0.25, -0.2) is 0 Å². The topological polar surface area (TPSA) is 199 Å². The van der Waals surface area contributed by atoms with Crippen LogP contribution < -0.4 is 42.6 Å². The maximum Gasteiger partial charge on any atom is 0.231 e. The summed E-state index contributed by atoms with van der Waals surface area (Å²) in [4.78, 5) is 40.3. The Kier molecular flexibility index (Phi) is 26.5. The van der Waals surface area contributed by atoms with Crippen LogP contribution in [0.2, 0.25) is 0 Å². The predicted molar refractivity (Wildman–Crippen MR) is 349 cm³/mol. The number of nitrogens with zero attached hydrogens (tertiary/aromatic N) is 9. The normalized spacial score (nSPS) is 15.6. The lowest BCUT2D eigenvalue weighted by atomic mass is 10.1. The summed E-state index contributed by atoms with van der Waals surface area (Å²) in [6, 6.07) is 17.5. The second-order valence-electron chi connectivity index (χ2n) is 20.7. The molecule has 468 valence electrons. The van der Waals surface area contributed by atoms with Gasteiger partial charge in [-0.1, -0.05) is 0 Å². The Hall–Kier alpha value is -8.40. The highest BCUT2D eigenvalue weighted by atomic mass is 32.2. The first kappa shape index (κ1) is 64.6. The lowest BCUT2D eigenvalue weighted by Gasteiger charge is -2.16. The minimum absolute atomic E-state index is 0.320. The molecule has 9 aromatic rings. The number of aryl methyl sites for hydroxylation is 5. The van der Waals surface area contributed by atoms with Gasteiger partial charge in [-0.2, -0.15) is 0 Å². The van der Waals surface area contributed by atoms with Crippen molar-refractivity contribution in [3.8, 4) is 51.7 Å². The van der Waals surface area contributed by atoms with Gasteiger partial charge < -0.3 is 42.6 Å². The van der Waals surface area contributed by atoms with E-state index in [4.69, 9.17) is 42.6 Å². The number of rotatable bonds is 0. The first-order valence-electron chi connectivity index (χ1n) is 30.6. The zero-order valence-electron chi connectivity index (χ0n) is 50.5. The maximum absolute atomic E-state index is 5.51. The molecule has 18 nitrogen and oxygen atoms in total. The van der Waals surface area contributed by atoms with Gasteiger partial charge in [0, 0.05) is 161 Å². The van der Waals surface area contributed by atoms with Gasteiger partial charge in [0.2, 0.25) is 6.79 Å². The summed E-state index contributed by atoms with van der Waals surface area (Å²) >= 11 is 5.85. The second kappa shape index (κ2) is 36.9. The van der Waals surface area contributed by atoms with Gasteiger partial charge in [0.15, 0.2) is 34.5 Å². The van der Waals surface area contributed by atoms with E-state index in [-0.39, 0.29) is 0 Å². The van der Waals surface area contributed by atoms with E-state index in [1.165, 1.54) is 110 Å². The maximum atomic E-state index is 5.51. The van der Waals surface area contributed by atoms with E-state index >= 15 is 0 Å². The molecule has 9 aliphatic rings. The van der Waals surface area contributed by atoms with Crippen molar-refractivity contribution in [1.82, 2.24) is 44.9 Å². The first-order chi connectivity index (χ1) is 44.7. The van der Waals surface area contributed by atoms with Crippen molar-refractivity contribution in [2.24, 2.45) is 0 Å². The van der Waals surface area contributed by atoms with Gasteiger partial charge in [-0.05, 0) is 135 Å². The van der Waals surface area contributed by atoms with Gasteiger partial charge >= 0.3 is 0 Å². The molecular weight excluding hydrogens is 1200 g/mol. The van der Waals surface area contributed by atoms with E-state index in [0.29, 0.717) is 20.0 Å². The zero-order chi connectivity index (χ0) is 61.3. The van der Waals surface area contributed by atoms with E-state index in [1.807, 2.05) is 115 Å². The second-order valence-corrected chi connectivity index (χ2v) is 24.1. The third kappa shape index (κ3) is 20.8. The van der Waals surface area contributed by atoms with Crippen LogP contribution in [0.15, 0.2) is 181 Å². The van der Waals surface area contributed by atoms with E-state index in [2.05, 4.69) is 63.1 Å². The molecule has 0 saturated heterocycles. The number of aromatic nitrogens is 9. The summed E-state index contributed by atoms with van der Waals surface area (Å²) in [7, 11) is 0. The standard InChI is InChI=1S/C9H11NO.C9H11NS.C8H9NO2.C8H9NO.C8H9NS.C7H7NO2.C7H7NO.C7H7NS.C6H5NO2/c2*1-2-6-11-9-4-5-10-7-8(9)3-1;1-4-10-7-2-3-9-6-8(7)11-5-1;2*1-2-7-6-9-4-3-8(7)10-5-1;1-2-8-5-7-6(1)9-3-4-10-7;2*1-3-8-5-6-2-4-9-7(1)6;1-2-7-3-6-5(1)8-4-9-6/h2*4-5,7H,1-3,6H2;2-3,6H,1,4-5H2;2*3-4,6H,1-2,5H2;1-2,5H,3-4H2;2*1,3,5H,2,4H2;1-3H,4H2. The highest BCUT2D eigenvalue weighted by Crippen LogP contribution is 2.33. The molecule has 0 unspecified atom stereocenters. The molecule has 90 heavy (non-hydrogen) atoms. The Bertz CT molecular complexity index is 3010. The molecular formula is C69H75N9O9S3. The van der Waals surface area contributed by atoms with Crippen LogP contribution in [0.25, 0.3) is 0 Å². The SMILES string of the molecule is c1cc2c(cn1)CCCCO2.c1cc2c(cn1)CCCCS2.c1cc2c(cn1)CCCO2.c1cc2c(cn1)CCCS2.c1cc2c(cn1)CCO2.c1cc2c(cn1)CCS2.c1cc2c(cn1)OCCCO2.c1cc2c(cn1)OCCO2.c1cc2c(cn1)OCO2. The van der Waals surface area contributed by atoms with Crippen LogP contribution in [0.3, 0.4) is 0 Å². The summed E-state index contributed by atoms with van der Waals surface area (Å²) in [6.45, 7) is 5.57. The summed E-state index contributed by atoms with van der Waals surface area (Å²) < 4.78 is 47.4. The molecule has 18 rings (SSSR count). The van der Waals surface area contributed by atoms with Crippen molar-refractivity contribution in [1.29, 1.82) is 0 Å². The van der Waals surface area contributed by atoms with Gasteiger partial charge in [-0.15, -0.1) is 35.3 Å². The fourth-order valence-corrected chi connectivity index (χ4v) is 12.9. The zero-order valence-corrected chi connectivity index (χ0v) is 52.9. The van der Waals surface area contributed by atoms with Crippen LogP contribution >= 0.6 is 35.3 Å². The monoisotopic (exact) mass is 1270 g/mol. The highest BCUT2D eigenvalue weighted by molar-refractivity contribution is 8.00. The Balaban J connectivity index is 0.000000111. The molecule has 0 aliphatic carbocycles. The first-order valence-corrected chi connectivity index (χ1v) is 33.6. The summed E-state index contributed by atoms with van der Waals surface area (Å²) in [6.07, 6.45) is 47.9. The summed E-state index contributed by atoms with van der Waals surface area (Å²) in [5.74, 6) is 11.4. The van der Waals surface area contributed by atoms with Crippen LogP contribution in [0.5, 0.6) is 51.7 Å². The molecule has 21 heteroatoms. The fourth-order valence-electron chi connectivity index (χ4n) is 9.76. The van der Waals surface area contributed by atoms with Crippen molar-refractivity contribution in [3.05, 3.63) is 200 Å². The van der Waals surface area contributed by atoms with Crippen LogP contribution in [0, 0.1) is 0 Å². The number of fused-ring (bicyclic) bond motifs is 9. The highest BCUT2D eigenvalue weighted by Gasteiger charge is 2.15. The van der Waals surface area contributed by atoms with Gasteiger partial charge in [0.05, 0.1) is 51.6 Å². The number of hydrogen-bond acceptors (Lipinski definition) is 21. The van der Waals surface area contributed by atoms with Crippen LogP contribution in [0.1, 0.15) is 78.3 Å². The molecule has 18 heterocycles. The van der Waals surface area contributed by atoms with Gasteiger partial charge in [0.1, 0.15) is 30.5 Å². The minimum atomic E-state index is 0.320. The average molecular weight is 1270 g/mol. The fraction of sp³-hybridized carbons (Fsp3) is 0.348. The molecule has 0 spiro atoms. The Morgan fingerprint density at radius 2 is 0.556 bits per heavy atom. The summed E-state index contributed by atoms with van der Waals surface area (Å²) in [5, 5.41) is 0. The Morgan fingerprint density at radius 1 is 0.222 bits per heavy atom. The number of hydrogen-bond donors (Lipinski definition) is 0. The average Bonchev–Trinajstić information content (AvgIpc) is 4.50. The third-order valence-electron chi connectivity index (χ3n) is 14.4. The number of pyridine rings is 9. The smallest absolute Gasteiger partial charge is 0.231 e. The van der Waals surface area contributed by atoms with Crippen LogP contribution in [-0.2, 0) is 38.5 Å². The van der Waals surface area contributed by atoms with Crippen molar-refractivity contribution in [3.63, 3.8) is 0 Å². The van der Waals surface area contributed by atoms with Crippen molar-refractivity contribution < 1.29 is 42.6 Å². The van der Waals surface area contributed by atoms with E-state index in [1.54, 1.807) is 67.9 Å². The molecule has 0 saturated carbocycles. The summed E-state index contributed by atoms with van der Waals surface area (Å²) in [5.41, 5.74) is 8.02. The van der Waals surface area contributed by atoms with Crippen molar-refractivity contribution in [2.75, 3.05) is 70.3 Å². The lowest BCUT2D eigenvalue weighted by molar-refractivity contribution is 0.170. The Morgan fingerprint density at radius 3 is 1.11 bits per heavy atom. The molecule has 0 amide bonds. The van der Waals surface area contributed by atoms with Gasteiger partial charge in [-0.3, -0.25) is 44.9 Å². The van der Waals surface area contributed by atoms with E-state index in [0.717, 1.165) is 123 Å². The van der Waals surface area contributed by atoms with Crippen LogP contribution in [-0.4, -0.2) is 115 Å². The molecule has 9 aromatic heterocycles. The quantitative estimate of drug-likeness (QED) is 0.139. The van der Waals surface area contributed by atoms with Gasteiger partial charge in [0.25, 0.3) is 0 Å². The minimum Gasteiger partial charge on any atom is -0.493 e. The molecule has 0 N–H and O–H groups in total. The van der Waals surface area contributed by atoms with Crippen molar-refractivity contribution >= 4 is 35.3 Å². The molecule has 0 atom stereocenters. The lowest BCUT2D eigenvalue weighted by Crippen LogP contribution is -2.15. The molecule has 9 aliphatic heterocycles. The number of ether oxygens (including phenoxy) is 9.